The number of fused-ring (bicyclic) bond motifs is 1. The van der Waals surface area contributed by atoms with Crippen molar-refractivity contribution in [3.05, 3.63) is 84.0 Å². The monoisotopic (exact) mass is 377 g/mol. The molecule has 0 saturated heterocycles. The van der Waals surface area contributed by atoms with Crippen LogP contribution in [0.2, 0.25) is 0 Å². The summed E-state index contributed by atoms with van der Waals surface area (Å²) in [4.78, 5) is 24.6. The van der Waals surface area contributed by atoms with Crippen LogP contribution in [0.4, 0.5) is 4.39 Å². The Morgan fingerprint density at radius 2 is 2.00 bits per heavy atom. The number of imidazole rings is 2. The number of aryl methyl sites for hydroxylation is 2. The predicted octanol–water partition coefficient (Wildman–Crippen LogP) is 3.27. The van der Waals surface area contributed by atoms with Gasteiger partial charge in [0.15, 0.2) is 0 Å². The number of nitrogens with one attached hydrogen (secondary N) is 2. The molecule has 4 aromatic rings. The molecule has 142 valence electrons. The maximum Gasteiger partial charge on any atom is 0.221 e. The van der Waals surface area contributed by atoms with Crippen molar-refractivity contribution in [2.45, 2.75) is 18.9 Å². The van der Waals surface area contributed by atoms with Crippen LogP contribution in [-0.2, 0) is 18.3 Å². The Balaban J connectivity index is 1.51. The van der Waals surface area contributed by atoms with E-state index in [-0.39, 0.29) is 18.1 Å². The summed E-state index contributed by atoms with van der Waals surface area (Å²) >= 11 is 0. The van der Waals surface area contributed by atoms with Crippen LogP contribution in [0, 0.1) is 5.82 Å². The number of H-pyrrole nitrogens is 1. The highest BCUT2D eigenvalue weighted by molar-refractivity contribution is 5.78. The van der Waals surface area contributed by atoms with Gasteiger partial charge in [0.2, 0.25) is 5.91 Å². The lowest BCUT2D eigenvalue weighted by Crippen LogP contribution is -2.31. The maximum absolute atomic E-state index is 14.4. The number of aromatic amines is 1. The molecule has 2 aromatic heterocycles. The minimum Gasteiger partial charge on any atom is -0.342 e. The summed E-state index contributed by atoms with van der Waals surface area (Å²) in [5.41, 5.74) is 2.19. The Morgan fingerprint density at radius 1 is 1.21 bits per heavy atom. The quantitative estimate of drug-likeness (QED) is 0.541. The molecule has 0 radical (unpaired) electrons. The molecule has 1 amide bonds. The second-order valence-corrected chi connectivity index (χ2v) is 6.62. The fraction of sp³-hybridized carbons (Fsp3) is 0.190. The van der Waals surface area contributed by atoms with Crippen LogP contribution < -0.4 is 5.32 Å². The van der Waals surface area contributed by atoms with E-state index in [1.807, 2.05) is 31.3 Å². The van der Waals surface area contributed by atoms with E-state index in [4.69, 9.17) is 0 Å². The molecule has 0 unspecified atom stereocenters. The number of carbonyl (C=O) groups excluding carboxylic acids is 1. The molecule has 28 heavy (non-hydrogen) atoms. The molecule has 0 bridgehead atoms. The minimum atomic E-state index is -0.663. The number of aromatic nitrogens is 4. The zero-order valence-electron chi connectivity index (χ0n) is 15.4. The molecule has 0 fully saturated rings. The summed E-state index contributed by atoms with van der Waals surface area (Å²) < 4.78 is 16.2. The number of hydrogen-bond donors (Lipinski definition) is 2. The van der Waals surface area contributed by atoms with E-state index in [1.54, 1.807) is 35.2 Å². The van der Waals surface area contributed by atoms with Gasteiger partial charge in [0, 0.05) is 37.8 Å². The summed E-state index contributed by atoms with van der Waals surface area (Å²) in [6, 6.07) is 13.5. The van der Waals surface area contributed by atoms with Gasteiger partial charge in [-0.25, -0.2) is 14.4 Å². The molecule has 6 nitrogen and oxygen atoms in total. The number of nitrogens with zero attached hydrogens (tertiary/aromatic N) is 3. The number of carbonyl (C=O) groups is 1. The summed E-state index contributed by atoms with van der Waals surface area (Å²) in [7, 11) is 1.82. The van der Waals surface area contributed by atoms with Crippen molar-refractivity contribution < 1.29 is 9.18 Å². The standard InChI is InChI=1S/C21H20FN5O/c1-27-13-12-23-21(27)20(14-6-2-3-7-15(14)22)26-19(28)11-10-18-24-16-8-4-5-9-17(16)25-18/h2-9,12-13,20H,10-11H2,1H3,(H,24,25)(H,26,28)/t20-/m1/s1. The van der Waals surface area contributed by atoms with Gasteiger partial charge >= 0.3 is 0 Å². The van der Waals surface area contributed by atoms with Crippen LogP contribution in [0.25, 0.3) is 11.0 Å². The normalized spacial score (nSPS) is 12.2. The van der Waals surface area contributed by atoms with E-state index >= 15 is 0 Å². The number of halogens is 1. The van der Waals surface area contributed by atoms with Gasteiger partial charge in [0.05, 0.1) is 11.0 Å². The Bertz CT molecular complexity index is 1080. The third kappa shape index (κ3) is 3.64. The molecular weight excluding hydrogens is 357 g/mol. The molecule has 1 atom stereocenters. The zero-order chi connectivity index (χ0) is 19.5. The molecule has 2 aromatic carbocycles. The lowest BCUT2D eigenvalue weighted by molar-refractivity contribution is -0.121. The molecule has 7 heteroatoms. The SMILES string of the molecule is Cn1ccnc1[C@H](NC(=O)CCc1nc2ccccc2[nH]1)c1ccccc1F. The Morgan fingerprint density at radius 3 is 2.75 bits per heavy atom. The van der Waals surface area contributed by atoms with Crippen molar-refractivity contribution in [3.63, 3.8) is 0 Å². The average Bonchev–Trinajstić information content (AvgIpc) is 3.31. The second-order valence-electron chi connectivity index (χ2n) is 6.62. The Hall–Kier alpha value is -3.48. The van der Waals surface area contributed by atoms with Gasteiger partial charge in [0.1, 0.15) is 23.5 Å². The highest BCUT2D eigenvalue weighted by Crippen LogP contribution is 2.23. The fourth-order valence-corrected chi connectivity index (χ4v) is 3.24. The van der Waals surface area contributed by atoms with E-state index in [0.717, 1.165) is 16.9 Å². The largest absolute Gasteiger partial charge is 0.342 e. The number of amides is 1. The van der Waals surface area contributed by atoms with E-state index in [0.29, 0.717) is 17.8 Å². The van der Waals surface area contributed by atoms with Gasteiger partial charge in [-0.2, -0.15) is 0 Å². The Labute approximate surface area is 161 Å². The van der Waals surface area contributed by atoms with Gasteiger partial charge in [-0.15, -0.1) is 0 Å². The van der Waals surface area contributed by atoms with E-state index < -0.39 is 6.04 Å². The average molecular weight is 377 g/mol. The van der Waals surface area contributed by atoms with Gasteiger partial charge in [-0.05, 0) is 18.2 Å². The van der Waals surface area contributed by atoms with E-state index in [9.17, 15) is 9.18 Å². The lowest BCUT2D eigenvalue weighted by Gasteiger charge is -2.19. The fourth-order valence-electron chi connectivity index (χ4n) is 3.24. The zero-order valence-corrected chi connectivity index (χ0v) is 15.4. The van der Waals surface area contributed by atoms with Crippen molar-refractivity contribution in [2.75, 3.05) is 0 Å². The smallest absolute Gasteiger partial charge is 0.221 e. The van der Waals surface area contributed by atoms with Crippen molar-refractivity contribution in [1.29, 1.82) is 0 Å². The second kappa shape index (κ2) is 7.64. The van der Waals surface area contributed by atoms with Crippen molar-refractivity contribution in [3.8, 4) is 0 Å². The van der Waals surface area contributed by atoms with Gasteiger partial charge in [0.25, 0.3) is 0 Å². The summed E-state index contributed by atoms with van der Waals surface area (Å²) in [5.74, 6) is 0.739. The highest BCUT2D eigenvalue weighted by atomic mass is 19.1. The van der Waals surface area contributed by atoms with Gasteiger partial charge < -0.3 is 14.9 Å². The first kappa shape index (κ1) is 17.9. The van der Waals surface area contributed by atoms with E-state index in [1.165, 1.54) is 6.07 Å². The van der Waals surface area contributed by atoms with Crippen LogP contribution in [0.5, 0.6) is 0 Å². The summed E-state index contributed by atoms with van der Waals surface area (Å²) in [6.07, 6.45) is 4.09. The topological polar surface area (TPSA) is 75.6 Å². The first-order valence-corrected chi connectivity index (χ1v) is 9.06. The summed E-state index contributed by atoms with van der Waals surface area (Å²) in [6.45, 7) is 0. The number of benzene rings is 2. The predicted molar refractivity (Wildman–Crippen MR) is 104 cm³/mol. The van der Waals surface area contributed by atoms with Crippen LogP contribution in [-0.4, -0.2) is 25.4 Å². The molecule has 0 aliphatic heterocycles. The number of para-hydroxylation sites is 2. The van der Waals surface area contributed by atoms with Crippen molar-refractivity contribution >= 4 is 16.9 Å². The molecule has 0 aliphatic carbocycles. The molecule has 0 aliphatic rings. The lowest BCUT2D eigenvalue weighted by atomic mass is 10.0. The molecule has 0 saturated carbocycles. The minimum absolute atomic E-state index is 0.197. The highest BCUT2D eigenvalue weighted by Gasteiger charge is 2.23. The number of hydrogen-bond acceptors (Lipinski definition) is 3. The van der Waals surface area contributed by atoms with Gasteiger partial charge in [-0.1, -0.05) is 30.3 Å². The van der Waals surface area contributed by atoms with E-state index in [2.05, 4.69) is 20.3 Å². The van der Waals surface area contributed by atoms with Gasteiger partial charge in [-0.3, -0.25) is 4.79 Å². The first-order valence-electron chi connectivity index (χ1n) is 9.06. The molecule has 2 heterocycles. The third-order valence-corrected chi connectivity index (χ3v) is 4.67. The number of rotatable bonds is 6. The van der Waals surface area contributed by atoms with Crippen LogP contribution >= 0.6 is 0 Å². The van der Waals surface area contributed by atoms with Crippen molar-refractivity contribution in [1.82, 2.24) is 24.8 Å². The molecule has 2 N–H and O–H groups in total. The maximum atomic E-state index is 14.4. The van der Waals surface area contributed by atoms with Crippen molar-refractivity contribution in [2.24, 2.45) is 7.05 Å². The Kier molecular flexibility index (Phi) is 4.89. The third-order valence-electron chi connectivity index (χ3n) is 4.67. The van der Waals surface area contributed by atoms with Crippen LogP contribution in [0.3, 0.4) is 0 Å². The van der Waals surface area contributed by atoms with Crippen LogP contribution in [0.1, 0.15) is 29.7 Å². The van der Waals surface area contributed by atoms with Crippen LogP contribution in [0.15, 0.2) is 60.9 Å². The first-order chi connectivity index (χ1) is 13.6. The molecular formula is C21H20FN5O. The molecule has 4 rings (SSSR count). The molecule has 0 spiro atoms. The summed E-state index contributed by atoms with van der Waals surface area (Å²) in [5, 5.41) is 2.92.